The van der Waals surface area contributed by atoms with Crippen molar-refractivity contribution in [1.29, 1.82) is 0 Å². The van der Waals surface area contributed by atoms with E-state index in [1.54, 1.807) is 13.3 Å². The Hall–Kier alpha value is -2.54. The monoisotopic (exact) mass is 393 g/mol. The molecule has 2 aromatic rings. The summed E-state index contributed by atoms with van der Waals surface area (Å²) in [5.74, 6) is 1.76. The van der Waals surface area contributed by atoms with E-state index in [2.05, 4.69) is 26.3 Å². The number of carbonyl (C=O) groups excluding carboxylic acids is 1. The van der Waals surface area contributed by atoms with Crippen LogP contribution in [0.5, 0.6) is 0 Å². The number of amides is 1. The number of aromatic nitrogens is 3. The quantitative estimate of drug-likeness (QED) is 0.812. The normalized spacial score (nSPS) is 26.6. The number of methoxy groups -OCH3 is 1. The molecular weight excluding hydrogens is 366 g/mol. The smallest absolute Gasteiger partial charge is 0.228 e. The fourth-order valence-electron chi connectivity index (χ4n) is 4.98. The highest BCUT2D eigenvalue weighted by Crippen LogP contribution is 2.47. The number of hydrogen-bond donors (Lipinski definition) is 1. The van der Waals surface area contributed by atoms with E-state index in [0.29, 0.717) is 18.5 Å². The molecule has 1 aliphatic carbocycles. The molecule has 3 atom stereocenters. The van der Waals surface area contributed by atoms with E-state index in [1.165, 1.54) is 0 Å². The van der Waals surface area contributed by atoms with Crippen molar-refractivity contribution in [3.8, 4) is 11.5 Å². The van der Waals surface area contributed by atoms with E-state index in [1.807, 2.05) is 25.1 Å². The van der Waals surface area contributed by atoms with Crippen LogP contribution in [0.15, 0.2) is 30.5 Å². The van der Waals surface area contributed by atoms with Crippen molar-refractivity contribution in [2.45, 2.75) is 57.2 Å². The number of anilines is 1. The molecule has 3 aliphatic rings. The summed E-state index contributed by atoms with van der Waals surface area (Å²) in [4.78, 5) is 29.1. The third-order valence-corrected chi connectivity index (χ3v) is 6.61. The molecule has 3 fully saturated rings. The Morgan fingerprint density at radius 1 is 1.31 bits per heavy atom. The van der Waals surface area contributed by atoms with Crippen LogP contribution >= 0.6 is 0 Å². The van der Waals surface area contributed by atoms with Crippen LogP contribution < -0.4 is 10.2 Å². The van der Waals surface area contributed by atoms with Crippen molar-refractivity contribution in [3.63, 3.8) is 0 Å². The van der Waals surface area contributed by atoms with Crippen LogP contribution in [0, 0.1) is 12.3 Å². The molecule has 2 bridgehead atoms. The number of rotatable bonds is 6. The molecule has 4 heterocycles. The largest absolute Gasteiger partial charge is 0.384 e. The number of nitrogens with one attached hydrogen (secondary N) is 1. The predicted octanol–water partition coefficient (Wildman–Crippen LogP) is 2.50. The Morgan fingerprint density at radius 2 is 2.17 bits per heavy atom. The lowest BCUT2D eigenvalue weighted by Gasteiger charge is -2.27. The highest BCUT2D eigenvalue weighted by molar-refractivity contribution is 5.86. The second-order valence-electron chi connectivity index (χ2n) is 8.64. The molecule has 2 saturated heterocycles. The minimum Gasteiger partial charge on any atom is -0.384 e. The fourth-order valence-corrected chi connectivity index (χ4v) is 4.98. The average Bonchev–Trinajstić information content (AvgIpc) is 3.29. The molecule has 0 radical (unpaired) electrons. The van der Waals surface area contributed by atoms with Gasteiger partial charge in [0.25, 0.3) is 0 Å². The maximum atomic E-state index is 12.8. The Bertz CT molecular complexity index is 915. The first-order valence-electron chi connectivity index (χ1n) is 10.4. The van der Waals surface area contributed by atoms with Gasteiger partial charge in [0.15, 0.2) is 5.82 Å². The second kappa shape index (κ2) is 7.06. The molecule has 2 aliphatic heterocycles. The Balaban J connectivity index is 1.37. The number of hydrogen-bond acceptors (Lipinski definition) is 6. The third-order valence-electron chi connectivity index (χ3n) is 6.61. The molecule has 1 saturated carbocycles. The van der Waals surface area contributed by atoms with E-state index >= 15 is 0 Å². The SMILES string of the molecule is COCC1(C(=O)N[C@@H]2C[C@@H]3CC[C@H]2N3c2cc(C)nc(-c3ccccn3)n2)CC1. The number of nitrogens with zero attached hydrogens (tertiary/aromatic N) is 4. The molecule has 1 N–H and O–H groups in total. The van der Waals surface area contributed by atoms with Crippen LogP contribution in [0.25, 0.3) is 11.5 Å². The molecule has 152 valence electrons. The second-order valence-corrected chi connectivity index (χ2v) is 8.64. The van der Waals surface area contributed by atoms with Gasteiger partial charge in [-0.2, -0.15) is 0 Å². The number of aryl methyl sites for hydroxylation is 1. The zero-order chi connectivity index (χ0) is 20.0. The lowest BCUT2D eigenvalue weighted by atomic mass is 9.94. The first kappa shape index (κ1) is 18.5. The predicted molar refractivity (Wildman–Crippen MR) is 109 cm³/mol. The minimum absolute atomic E-state index is 0.157. The van der Waals surface area contributed by atoms with Gasteiger partial charge in [-0.15, -0.1) is 0 Å². The summed E-state index contributed by atoms with van der Waals surface area (Å²) in [5.41, 5.74) is 1.42. The summed E-state index contributed by atoms with van der Waals surface area (Å²) in [7, 11) is 1.67. The van der Waals surface area contributed by atoms with Gasteiger partial charge >= 0.3 is 0 Å². The zero-order valence-corrected chi connectivity index (χ0v) is 17.0. The Labute approximate surface area is 170 Å². The van der Waals surface area contributed by atoms with Gasteiger partial charge < -0.3 is 15.0 Å². The van der Waals surface area contributed by atoms with Gasteiger partial charge in [0.05, 0.1) is 24.1 Å². The lowest BCUT2D eigenvalue weighted by Crippen LogP contribution is -2.47. The molecule has 7 heteroatoms. The number of ether oxygens (including phenoxy) is 1. The van der Waals surface area contributed by atoms with Gasteiger partial charge in [-0.25, -0.2) is 9.97 Å². The molecule has 1 amide bonds. The van der Waals surface area contributed by atoms with Crippen molar-refractivity contribution in [1.82, 2.24) is 20.3 Å². The first-order valence-corrected chi connectivity index (χ1v) is 10.4. The first-order chi connectivity index (χ1) is 14.1. The van der Waals surface area contributed by atoms with Crippen LogP contribution in [-0.2, 0) is 9.53 Å². The van der Waals surface area contributed by atoms with Gasteiger partial charge in [0.1, 0.15) is 11.5 Å². The van der Waals surface area contributed by atoms with Crippen molar-refractivity contribution >= 4 is 11.7 Å². The fraction of sp³-hybridized carbons (Fsp3) is 0.545. The maximum absolute atomic E-state index is 12.8. The van der Waals surface area contributed by atoms with Gasteiger partial charge in [0.2, 0.25) is 5.91 Å². The van der Waals surface area contributed by atoms with E-state index in [0.717, 1.165) is 49.3 Å². The molecule has 5 rings (SSSR count). The van der Waals surface area contributed by atoms with Crippen LogP contribution in [0.4, 0.5) is 5.82 Å². The third kappa shape index (κ3) is 3.27. The Morgan fingerprint density at radius 3 is 2.90 bits per heavy atom. The summed E-state index contributed by atoms with van der Waals surface area (Å²) in [5, 5.41) is 3.34. The van der Waals surface area contributed by atoms with Crippen molar-refractivity contribution in [2.24, 2.45) is 5.41 Å². The standard InChI is InChI=1S/C22H27N5O2/c1-14-11-19(26-20(24-14)16-5-3-4-10-23-16)27-15-6-7-18(27)17(12-15)25-21(28)22(8-9-22)13-29-2/h3-5,10-11,15,17-18H,6-9,12-13H2,1-2H3,(H,25,28)/t15-,17+,18+/m0/s1. The summed E-state index contributed by atoms with van der Waals surface area (Å²) < 4.78 is 5.28. The zero-order valence-electron chi connectivity index (χ0n) is 17.0. The summed E-state index contributed by atoms with van der Waals surface area (Å²) >= 11 is 0. The Kier molecular flexibility index (Phi) is 4.50. The summed E-state index contributed by atoms with van der Waals surface area (Å²) in [6.07, 6.45) is 6.81. The highest BCUT2D eigenvalue weighted by atomic mass is 16.5. The number of fused-ring (bicyclic) bond motifs is 2. The minimum atomic E-state index is -0.293. The van der Waals surface area contributed by atoms with Crippen molar-refractivity contribution < 1.29 is 9.53 Å². The number of pyridine rings is 1. The van der Waals surface area contributed by atoms with Crippen LogP contribution in [0.2, 0.25) is 0 Å². The molecular formula is C22H27N5O2. The van der Waals surface area contributed by atoms with Crippen molar-refractivity contribution in [2.75, 3.05) is 18.6 Å². The van der Waals surface area contributed by atoms with E-state index < -0.39 is 0 Å². The lowest BCUT2D eigenvalue weighted by molar-refractivity contribution is -0.129. The molecule has 7 nitrogen and oxygen atoms in total. The van der Waals surface area contributed by atoms with Crippen LogP contribution in [-0.4, -0.2) is 52.7 Å². The molecule has 0 aromatic carbocycles. The topological polar surface area (TPSA) is 80.2 Å². The van der Waals surface area contributed by atoms with Gasteiger partial charge in [-0.1, -0.05) is 6.07 Å². The molecule has 2 aromatic heterocycles. The maximum Gasteiger partial charge on any atom is 0.228 e. The molecule has 0 spiro atoms. The molecule has 29 heavy (non-hydrogen) atoms. The van der Waals surface area contributed by atoms with E-state index in [-0.39, 0.29) is 23.4 Å². The van der Waals surface area contributed by atoms with Crippen LogP contribution in [0.1, 0.15) is 37.8 Å². The van der Waals surface area contributed by atoms with E-state index in [9.17, 15) is 4.79 Å². The molecule has 0 unspecified atom stereocenters. The van der Waals surface area contributed by atoms with E-state index in [4.69, 9.17) is 9.72 Å². The number of carbonyl (C=O) groups is 1. The van der Waals surface area contributed by atoms with Gasteiger partial charge in [-0.3, -0.25) is 9.78 Å². The summed E-state index contributed by atoms with van der Waals surface area (Å²) in [6.45, 7) is 2.51. The van der Waals surface area contributed by atoms with Gasteiger partial charge in [0, 0.05) is 31.1 Å². The van der Waals surface area contributed by atoms with Gasteiger partial charge in [-0.05, 0) is 51.2 Å². The highest BCUT2D eigenvalue weighted by Gasteiger charge is 2.53. The van der Waals surface area contributed by atoms with Crippen molar-refractivity contribution in [3.05, 3.63) is 36.2 Å². The summed E-state index contributed by atoms with van der Waals surface area (Å²) in [6, 6.07) is 8.70. The van der Waals surface area contributed by atoms with Crippen LogP contribution in [0.3, 0.4) is 0 Å². The average molecular weight is 393 g/mol.